The Bertz CT molecular complexity index is 1240. The molecule has 4 rings (SSSR count). The lowest BCUT2D eigenvalue weighted by atomic mass is 10.2. The molecule has 1 N–H and O–H groups in total. The fraction of sp³-hybridized carbons (Fsp3) is 0.0952. The zero-order valence-corrected chi connectivity index (χ0v) is 15.1. The first-order chi connectivity index (χ1) is 13.6. The second-order valence-electron chi connectivity index (χ2n) is 6.32. The molecular weight excluding hydrogens is 357 g/mol. The SMILES string of the molecule is Cc1c(-c2ccnn2-c2ccc(C#N)cc2)[nH]c(=O)n1-c1cccc(CF)c1. The molecule has 0 bridgehead atoms. The number of H-pyrrole nitrogens is 1. The second kappa shape index (κ2) is 7.00. The van der Waals surface area contributed by atoms with E-state index < -0.39 is 6.67 Å². The van der Waals surface area contributed by atoms with Gasteiger partial charge in [-0.15, -0.1) is 0 Å². The maximum atomic E-state index is 13.0. The highest BCUT2D eigenvalue weighted by Crippen LogP contribution is 2.25. The number of hydrogen-bond acceptors (Lipinski definition) is 3. The zero-order valence-electron chi connectivity index (χ0n) is 15.1. The number of benzene rings is 2. The predicted octanol–water partition coefficient (Wildman–Crippen LogP) is 3.67. The van der Waals surface area contributed by atoms with Crippen molar-refractivity contribution in [3.8, 4) is 28.8 Å². The summed E-state index contributed by atoms with van der Waals surface area (Å²) in [6, 6.07) is 17.7. The van der Waals surface area contributed by atoms with Crippen LogP contribution in [-0.4, -0.2) is 19.3 Å². The van der Waals surface area contributed by atoms with Gasteiger partial charge in [0.05, 0.1) is 46.3 Å². The van der Waals surface area contributed by atoms with E-state index in [2.05, 4.69) is 16.2 Å². The molecule has 2 aromatic heterocycles. The maximum absolute atomic E-state index is 13.0. The summed E-state index contributed by atoms with van der Waals surface area (Å²) in [4.78, 5) is 15.5. The van der Waals surface area contributed by atoms with Crippen LogP contribution in [0.25, 0.3) is 22.8 Å². The number of aromatic amines is 1. The molecule has 0 aliphatic carbocycles. The molecule has 4 aromatic rings. The van der Waals surface area contributed by atoms with Gasteiger partial charge >= 0.3 is 5.69 Å². The van der Waals surface area contributed by atoms with Gasteiger partial charge in [0.1, 0.15) is 6.67 Å². The van der Waals surface area contributed by atoms with E-state index in [1.165, 1.54) is 4.57 Å². The predicted molar refractivity (Wildman–Crippen MR) is 103 cm³/mol. The summed E-state index contributed by atoms with van der Waals surface area (Å²) >= 11 is 0. The van der Waals surface area contributed by atoms with Crippen LogP contribution < -0.4 is 5.69 Å². The zero-order chi connectivity index (χ0) is 19.7. The van der Waals surface area contributed by atoms with Gasteiger partial charge in [-0.25, -0.2) is 13.9 Å². The number of nitriles is 1. The first-order valence-electron chi connectivity index (χ1n) is 8.64. The van der Waals surface area contributed by atoms with Gasteiger partial charge in [0, 0.05) is 0 Å². The molecule has 0 amide bonds. The lowest BCUT2D eigenvalue weighted by Gasteiger charge is -2.09. The number of hydrogen-bond donors (Lipinski definition) is 1. The third-order valence-electron chi connectivity index (χ3n) is 4.60. The average molecular weight is 373 g/mol. The van der Waals surface area contributed by atoms with E-state index in [-0.39, 0.29) is 5.69 Å². The standard InChI is InChI=1S/C21H16FN5O/c1-14-20(25-21(28)26(14)18-4-2-3-16(11-18)12-22)19-9-10-24-27(19)17-7-5-15(13-23)6-8-17/h2-11H,12H2,1H3,(H,25,28). The van der Waals surface area contributed by atoms with Crippen LogP contribution in [0.3, 0.4) is 0 Å². The largest absolute Gasteiger partial charge is 0.330 e. The van der Waals surface area contributed by atoms with Gasteiger partial charge in [-0.2, -0.15) is 10.4 Å². The highest BCUT2D eigenvalue weighted by Gasteiger charge is 2.17. The van der Waals surface area contributed by atoms with Gasteiger partial charge in [-0.1, -0.05) is 12.1 Å². The molecule has 0 aliphatic heterocycles. The van der Waals surface area contributed by atoms with Gasteiger partial charge in [0.25, 0.3) is 0 Å². The Labute approximate surface area is 160 Å². The van der Waals surface area contributed by atoms with Crippen LogP contribution in [0.5, 0.6) is 0 Å². The van der Waals surface area contributed by atoms with E-state index in [9.17, 15) is 9.18 Å². The average Bonchev–Trinajstić information content (AvgIpc) is 3.32. The van der Waals surface area contributed by atoms with Crippen LogP contribution in [0.2, 0.25) is 0 Å². The molecule has 2 aromatic carbocycles. The van der Waals surface area contributed by atoms with Crippen molar-refractivity contribution in [1.82, 2.24) is 19.3 Å². The van der Waals surface area contributed by atoms with Gasteiger partial charge < -0.3 is 4.98 Å². The molecule has 2 heterocycles. The van der Waals surface area contributed by atoms with E-state index >= 15 is 0 Å². The summed E-state index contributed by atoms with van der Waals surface area (Å²) in [6.07, 6.45) is 1.65. The Morgan fingerprint density at radius 2 is 1.93 bits per heavy atom. The molecule has 0 aliphatic rings. The van der Waals surface area contributed by atoms with E-state index in [1.807, 2.05) is 6.92 Å². The van der Waals surface area contributed by atoms with E-state index in [1.54, 1.807) is 65.5 Å². The smallest absolute Gasteiger partial charge is 0.304 e. The minimum atomic E-state index is -0.593. The van der Waals surface area contributed by atoms with Crippen molar-refractivity contribution >= 4 is 0 Å². The molecule has 0 atom stereocenters. The Kier molecular flexibility index (Phi) is 4.38. The maximum Gasteiger partial charge on any atom is 0.330 e. The molecular formula is C21H16FN5O. The minimum Gasteiger partial charge on any atom is -0.304 e. The van der Waals surface area contributed by atoms with Crippen LogP contribution >= 0.6 is 0 Å². The summed E-state index contributed by atoms with van der Waals surface area (Å²) in [5.41, 5.74) is 4.15. The number of imidazole rings is 1. The first-order valence-corrected chi connectivity index (χ1v) is 8.64. The fourth-order valence-electron chi connectivity index (χ4n) is 3.23. The first kappa shape index (κ1) is 17.5. The number of halogens is 1. The third kappa shape index (κ3) is 2.91. The van der Waals surface area contributed by atoms with E-state index in [0.29, 0.717) is 33.9 Å². The summed E-state index contributed by atoms with van der Waals surface area (Å²) in [7, 11) is 0. The van der Waals surface area contributed by atoms with Gasteiger partial charge in [0.2, 0.25) is 0 Å². The molecule has 0 radical (unpaired) electrons. The lowest BCUT2D eigenvalue weighted by Crippen LogP contribution is -2.15. The second-order valence-corrected chi connectivity index (χ2v) is 6.32. The molecule has 0 spiro atoms. The van der Waals surface area contributed by atoms with Crippen LogP contribution in [0.1, 0.15) is 16.8 Å². The van der Waals surface area contributed by atoms with Gasteiger partial charge in [-0.05, 0) is 55.0 Å². The van der Waals surface area contributed by atoms with Crippen LogP contribution in [-0.2, 0) is 6.67 Å². The number of nitrogens with zero attached hydrogens (tertiary/aromatic N) is 4. The third-order valence-corrected chi connectivity index (χ3v) is 4.60. The highest BCUT2D eigenvalue weighted by atomic mass is 19.1. The summed E-state index contributed by atoms with van der Waals surface area (Å²) in [5, 5.41) is 13.3. The van der Waals surface area contributed by atoms with E-state index in [0.717, 1.165) is 5.69 Å². The molecule has 0 saturated heterocycles. The van der Waals surface area contributed by atoms with Crippen molar-refractivity contribution in [2.75, 3.05) is 0 Å². The van der Waals surface area contributed by atoms with Gasteiger partial charge in [0.15, 0.2) is 0 Å². The summed E-state index contributed by atoms with van der Waals surface area (Å²) in [6.45, 7) is 1.23. The molecule has 6 nitrogen and oxygen atoms in total. The Balaban J connectivity index is 1.83. The Morgan fingerprint density at radius 1 is 1.14 bits per heavy atom. The molecule has 0 unspecified atom stereocenters. The van der Waals surface area contributed by atoms with E-state index in [4.69, 9.17) is 5.26 Å². The number of nitrogens with one attached hydrogen (secondary N) is 1. The van der Waals surface area contributed by atoms with Gasteiger partial charge in [-0.3, -0.25) is 4.57 Å². The van der Waals surface area contributed by atoms with Crippen LogP contribution in [0.15, 0.2) is 65.6 Å². The lowest BCUT2D eigenvalue weighted by molar-refractivity contribution is 0.485. The molecule has 0 saturated carbocycles. The van der Waals surface area contributed by atoms with Crippen molar-refractivity contribution < 1.29 is 4.39 Å². The Hall–Kier alpha value is -3.92. The van der Waals surface area contributed by atoms with Crippen LogP contribution in [0, 0.1) is 18.3 Å². The molecule has 7 heteroatoms. The fourth-order valence-corrected chi connectivity index (χ4v) is 3.23. The topological polar surface area (TPSA) is 79.4 Å². The summed E-state index contributed by atoms with van der Waals surface area (Å²) in [5.74, 6) is 0. The molecule has 0 fully saturated rings. The summed E-state index contributed by atoms with van der Waals surface area (Å²) < 4.78 is 16.2. The normalized spacial score (nSPS) is 10.8. The monoisotopic (exact) mass is 373 g/mol. The van der Waals surface area contributed by atoms with Crippen molar-refractivity contribution in [2.45, 2.75) is 13.6 Å². The Morgan fingerprint density at radius 3 is 2.64 bits per heavy atom. The molecule has 138 valence electrons. The number of rotatable bonds is 4. The number of aromatic nitrogens is 4. The minimum absolute atomic E-state index is 0.309. The number of alkyl halides is 1. The van der Waals surface area contributed by atoms with Crippen LogP contribution in [0.4, 0.5) is 4.39 Å². The quantitative estimate of drug-likeness (QED) is 0.593. The van der Waals surface area contributed by atoms with Crippen molar-refractivity contribution in [2.24, 2.45) is 0 Å². The van der Waals surface area contributed by atoms with Crippen molar-refractivity contribution in [3.63, 3.8) is 0 Å². The van der Waals surface area contributed by atoms with Crippen molar-refractivity contribution in [3.05, 3.63) is 88.1 Å². The highest BCUT2D eigenvalue weighted by molar-refractivity contribution is 5.61. The molecule has 28 heavy (non-hydrogen) atoms. The van der Waals surface area contributed by atoms with Crippen molar-refractivity contribution in [1.29, 1.82) is 5.26 Å².